The highest BCUT2D eigenvalue weighted by Crippen LogP contribution is 2.19. The summed E-state index contributed by atoms with van der Waals surface area (Å²) in [6.45, 7) is 0. The van der Waals surface area contributed by atoms with E-state index in [4.69, 9.17) is 16.3 Å². The zero-order valence-corrected chi connectivity index (χ0v) is 17.7. The van der Waals surface area contributed by atoms with Gasteiger partial charge in [-0.1, -0.05) is 35.9 Å². The molecule has 9 heteroatoms. The zero-order valence-electron chi connectivity index (χ0n) is 17.0. The molecule has 3 rings (SSSR count). The predicted molar refractivity (Wildman–Crippen MR) is 123 cm³/mol. The molecular weight excluding hydrogens is 432 g/mol. The third-order valence-electron chi connectivity index (χ3n) is 4.20. The Bertz CT molecular complexity index is 1160. The van der Waals surface area contributed by atoms with E-state index >= 15 is 0 Å². The van der Waals surface area contributed by atoms with Crippen molar-refractivity contribution in [1.29, 1.82) is 0 Å². The molecule has 3 amide bonds. The molecule has 0 saturated heterocycles. The van der Waals surface area contributed by atoms with Crippen molar-refractivity contribution in [2.75, 3.05) is 17.7 Å². The monoisotopic (exact) mass is 450 g/mol. The fraction of sp³-hybridized carbons (Fsp3) is 0.0435. The lowest BCUT2D eigenvalue weighted by molar-refractivity contribution is -0.136. The standard InChI is InChI=1S/C23H19ClN4O4/c1-32-18-6-4-5-15(13-18)14-25-28-23(31)22(30)27-20-8-3-2-7-19(20)21(29)26-17-11-9-16(24)10-12-17/h2-14H,1H3,(H,26,29)(H,27,30)(H,28,31)/b25-14+. The summed E-state index contributed by atoms with van der Waals surface area (Å²) in [7, 11) is 1.54. The molecule has 162 valence electrons. The first-order chi connectivity index (χ1) is 15.5. The number of hydrazone groups is 1. The average molecular weight is 451 g/mol. The lowest BCUT2D eigenvalue weighted by Crippen LogP contribution is -2.33. The number of benzene rings is 3. The van der Waals surface area contributed by atoms with Crippen molar-refractivity contribution in [2.24, 2.45) is 5.10 Å². The lowest BCUT2D eigenvalue weighted by atomic mass is 10.1. The highest BCUT2D eigenvalue weighted by Gasteiger charge is 2.17. The number of carbonyl (C=O) groups excluding carboxylic acids is 3. The number of hydrogen-bond donors (Lipinski definition) is 3. The van der Waals surface area contributed by atoms with Gasteiger partial charge in [0.2, 0.25) is 0 Å². The number of carbonyl (C=O) groups is 3. The molecule has 0 fully saturated rings. The van der Waals surface area contributed by atoms with E-state index in [1.165, 1.54) is 25.5 Å². The van der Waals surface area contributed by atoms with Crippen molar-refractivity contribution < 1.29 is 19.1 Å². The van der Waals surface area contributed by atoms with Crippen molar-refractivity contribution in [3.63, 3.8) is 0 Å². The largest absolute Gasteiger partial charge is 0.497 e. The first kappa shape index (κ1) is 22.5. The summed E-state index contributed by atoms with van der Waals surface area (Å²) >= 11 is 5.85. The SMILES string of the molecule is COc1cccc(/C=N/NC(=O)C(=O)Nc2ccccc2C(=O)Nc2ccc(Cl)cc2)c1. The van der Waals surface area contributed by atoms with Crippen molar-refractivity contribution in [1.82, 2.24) is 5.43 Å². The molecule has 0 aliphatic rings. The summed E-state index contributed by atoms with van der Waals surface area (Å²) in [6.07, 6.45) is 1.38. The van der Waals surface area contributed by atoms with E-state index < -0.39 is 17.7 Å². The lowest BCUT2D eigenvalue weighted by Gasteiger charge is -2.11. The Morgan fingerprint density at radius 3 is 2.41 bits per heavy atom. The maximum Gasteiger partial charge on any atom is 0.329 e. The van der Waals surface area contributed by atoms with E-state index in [1.54, 1.807) is 60.7 Å². The van der Waals surface area contributed by atoms with Crippen LogP contribution in [0.25, 0.3) is 0 Å². The molecule has 0 unspecified atom stereocenters. The molecule has 3 N–H and O–H groups in total. The Balaban J connectivity index is 1.63. The van der Waals surface area contributed by atoms with Crippen LogP contribution in [-0.4, -0.2) is 31.0 Å². The normalized spacial score (nSPS) is 10.4. The van der Waals surface area contributed by atoms with Crippen molar-refractivity contribution in [3.8, 4) is 5.75 Å². The molecule has 0 atom stereocenters. The molecule has 3 aromatic rings. The van der Waals surface area contributed by atoms with Crippen LogP contribution in [0.4, 0.5) is 11.4 Å². The first-order valence-electron chi connectivity index (χ1n) is 9.40. The second-order valence-corrected chi connectivity index (χ2v) is 6.87. The van der Waals surface area contributed by atoms with Gasteiger partial charge in [0.15, 0.2) is 0 Å². The van der Waals surface area contributed by atoms with Gasteiger partial charge >= 0.3 is 11.8 Å². The van der Waals surface area contributed by atoms with Gasteiger partial charge in [-0.3, -0.25) is 14.4 Å². The summed E-state index contributed by atoms with van der Waals surface area (Å²) in [6, 6.07) is 19.9. The highest BCUT2D eigenvalue weighted by atomic mass is 35.5. The van der Waals surface area contributed by atoms with Gasteiger partial charge in [-0.2, -0.15) is 5.10 Å². The molecule has 32 heavy (non-hydrogen) atoms. The van der Waals surface area contributed by atoms with Crippen LogP contribution < -0.4 is 20.8 Å². The number of nitrogens with one attached hydrogen (secondary N) is 3. The van der Waals surface area contributed by atoms with E-state index in [-0.39, 0.29) is 11.3 Å². The number of methoxy groups -OCH3 is 1. The van der Waals surface area contributed by atoms with Crippen molar-refractivity contribution in [2.45, 2.75) is 0 Å². The highest BCUT2D eigenvalue weighted by molar-refractivity contribution is 6.40. The number of amides is 3. The summed E-state index contributed by atoms with van der Waals surface area (Å²) in [5.74, 6) is -1.79. The second kappa shape index (κ2) is 10.7. The van der Waals surface area contributed by atoms with Crippen LogP contribution in [0, 0.1) is 0 Å². The minimum absolute atomic E-state index is 0.177. The average Bonchev–Trinajstić information content (AvgIpc) is 2.81. The summed E-state index contributed by atoms with van der Waals surface area (Å²) in [5, 5.41) is 9.44. The van der Waals surface area contributed by atoms with E-state index in [0.29, 0.717) is 22.0 Å². The van der Waals surface area contributed by atoms with Crippen LogP contribution in [0.3, 0.4) is 0 Å². The van der Waals surface area contributed by atoms with E-state index in [1.807, 2.05) is 0 Å². The van der Waals surface area contributed by atoms with Crippen molar-refractivity contribution >= 4 is 46.9 Å². The Kier molecular flexibility index (Phi) is 7.55. The van der Waals surface area contributed by atoms with E-state index in [0.717, 1.165) is 0 Å². The quantitative estimate of drug-likeness (QED) is 0.302. The van der Waals surface area contributed by atoms with Crippen molar-refractivity contribution in [3.05, 3.63) is 88.9 Å². The third kappa shape index (κ3) is 6.16. The Labute approximate surface area is 189 Å². The molecule has 0 saturated carbocycles. The summed E-state index contributed by atoms with van der Waals surface area (Å²) in [5.41, 5.74) is 3.72. The van der Waals surface area contributed by atoms with E-state index in [9.17, 15) is 14.4 Å². The third-order valence-corrected chi connectivity index (χ3v) is 4.45. The molecule has 0 spiro atoms. The molecule has 0 heterocycles. The minimum atomic E-state index is -0.989. The Hall–Kier alpha value is -4.17. The molecule has 0 aromatic heterocycles. The molecular formula is C23H19ClN4O4. The number of anilines is 2. The van der Waals surface area contributed by atoms with Gasteiger partial charge in [-0.15, -0.1) is 0 Å². The number of para-hydroxylation sites is 1. The molecule has 0 radical (unpaired) electrons. The molecule has 3 aromatic carbocycles. The fourth-order valence-electron chi connectivity index (χ4n) is 2.64. The van der Waals surface area contributed by atoms with Gasteiger partial charge in [-0.05, 0) is 54.1 Å². The Morgan fingerprint density at radius 1 is 0.906 bits per heavy atom. The molecule has 0 aliphatic heterocycles. The summed E-state index contributed by atoms with van der Waals surface area (Å²) in [4.78, 5) is 37.0. The maximum atomic E-state index is 12.6. The van der Waals surface area contributed by atoms with Gasteiger partial charge < -0.3 is 15.4 Å². The molecule has 8 nitrogen and oxygen atoms in total. The van der Waals surface area contributed by atoms with Crippen LogP contribution in [-0.2, 0) is 9.59 Å². The number of rotatable bonds is 6. The number of halogens is 1. The first-order valence-corrected chi connectivity index (χ1v) is 9.78. The van der Waals surface area contributed by atoms with Gasteiger partial charge in [-0.25, -0.2) is 5.43 Å². The second-order valence-electron chi connectivity index (χ2n) is 6.44. The van der Waals surface area contributed by atoms with E-state index in [2.05, 4.69) is 21.2 Å². The fourth-order valence-corrected chi connectivity index (χ4v) is 2.76. The zero-order chi connectivity index (χ0) is 22.9. The maximum absolute atomic E-state index is 12.6. The van der Waals surface area contributed by atoms with Gasteiger partial charge in [0.05, 0.1) is 24.6 Å². The van der Waals surface area contributed by atoms with Gasteiger partial charge in [0, 0.05) is 10.7 Å². The predicted octanol–water partition coefficient (Wildman–Crippen LogP) is 3.69. The topological polar surface area (TPSA) is 109 Å². The van der Waals surface area contributed by atoms with Crippen LogP contribution in [0.2, 0.25) is 5.02 Å². The van der Waals surface area contributed by atoms with Crippen LogP contribution >= 0.6 is 11.6 Å². The van der Waals surface area contributed by atoms with Gasteiger partial charge in [0.25, 0.3) is 5.91 Å². The Morgan fingerprint density at radius 2 is 1.66 bits per heavy atom. The van der Waals surface area contributed by atoms with Crippen LogP contribution in [0.5, 0.6) is 5.75 Å². The summed E-state index contributed by atoms with van der Waals surface area (Å²) < 4.78 is 5.11. The van der Waals surface area contributed by atoms with Crippen LogP contribution in [0.15, 0.2) is 77.9 Å². The number of hydrogen-bond acceptors (Lipinski definition) is 5. The number of nitrogens with zero attached hydrogens (tertiary/aromatic N) is 1. The van der Waals surface area contributed by atoms with Crippen LogP contribution in [0.1, 0.15) is 15.9 Å². The minimum Gasteiger partial charge on any atom is -0.497 e. The van der Waals surface area contributed by atoms with Gasteiger partial charge in [0.1, 0.15) is 5.75 Å². The molecule has 0 aliphatic carbocycles. The number of ether oxygens (including phenoxy) is 1. The molecule has 0 bridgehead atoms. The smallest absolute Gasteiger partial charge is 0.329 e.